The lowest BCUT2D eigenvalue weighted by molar-refractivity contribution is -0.143. The van der Waals surface area contributed by atoms with Crippen molar-refractivity contribution in [2.24, 2.45) is 32.7 Å². The van der Waals surface area contributed by atoms with Crippen LogP contribution in [0.1, 0.15) is 60.8 Å². The zero-order chi connectivity index (χ0) is 32.5. The molecule has 0 aromatic heterocycles. The van der Waals surface area contributed by atoms with Crippen molar-refractivity contribution in [1.29, 1.82) is 0 Å². The first-order valence-corrected chi connectivity index (χ1v) is 15.2. The summed E-state index contributed by atoms with van der Waals surface area (Å²) in [6, 6.07) is 0. The van der Waals surface area contributed by atoms with Gasteiger partial charge < -0.3 is 20.3 Å². The molecule has 0 saturated carbocycles. The summed E-state index contributed by atoms with van der Waals surface area (Å²) in [4.78, 5) is 52.7. The van der Waals surface area contributed by atoms with Crippen LogP contribution in [0, 0.1) is 17.8 Å². The number of ketones is 1. The number of esters is 1. The molecule has 0 aromatic rings. The Morgan fingerprint density at radius 2 is 1.67 bits per heavy atom. The molecule has 0 spiro atoms. The van der Waals surface area contributed by atoms with E-state index < -0.39 is 17.9 Å². The minimum Gasteiger partial charge on any atom is -0.510 e. The number of ether oxygens (including phenoxy) is 1. The summed E-state index contributed by atoms with van der Waals surface area (Å²) < 4.78 is 5.16. The molecule has 0 aromatic carbocycles. The Morgan fingerprint density at radius 1 is 0.978 bits per heavy atom. The quantitative estimate of drug-likeness (QED) is 0.337. The number of hydrogen-bond acceptors (Lipinski definition) is 9. The molecule has 10 nitrogen and oxygen atoms in total. The molecular weight excluding hydrogens is 572 g/mol. The predicted molar refractivity (Wildman–Crippen MR) is 170 cm³/mol. The van der Waals surface area contributed by atoms with Crippen molar-refractivity contribution >= 4 is 34.9 Å². The molecule has 6 rings (SSSR count). The van der Waals surface area contributed by atoms with Gasteiger partial charge in [-0.1, -0.05) is 13.8 Å². The fourth-order valence-electron chi connectivity index (χ4n) is 7.22. The number of rotatable bonds is 6. The van der Waals surface area contributed by atoms with Crippen LogP contribution in [0.15, 0.2) is 106 Å². The minimum absolute atomic E-state index is 0.0934. The number of fused-ring (bicyclic) bond motifs is 5. The van der Waals surface area contributed by atoms with Gasteiger partial charge in [-0.05, 0) is 81.1 Å². The zero-order valence-electron chi connectivity index (χ0n) is 26.5. The van der Waals surface area contributed by atoms with Crippen molar-refractivity contribution < 1.29 is 29.3 Å². The van der Waals surface area contributed by atoms with Gasteiger partial charge >= 0.3 is 11.9 Å². The molecule has 0 amide bonds. The molecule has 1 saturated heterocycles. The third-order valence-electron chi connectivity index (χ3n) is 9.63. The van der Waals surface area contributed by atoms with E-state index in [1.807, 2.05) is 45.9 Å². The highest BCUT2D eigenvalue weighted by Gasteiger charge is 2.49. The summed E-state index contributed by atoms with van der Waals surface area (Å²) in [7, 11) is 1.27. The highest BCUT2D eigenvalue weighted by Crippen LogP contribution is 2.49. The Kier molecular flexibility index (Phi) is 7.34. The number of carboxylic acids is 1. The molecule has 1 aliphatic carbocycles. The average Bonchev–Trinajstić information content (AvgIpc) is 3.72. The summed E-state index contributed by atoms with van der Waals surface area (Å²) in [5.74, 6) is -3.49. The summed E-state index contributed by atoms with van der Waals surface area (Å²) in [5.41, 5.74) is 9.96. The number of aliphatic hydroxyl groups is 1. The molecule has 45 heavy (non-hydrogen) atoms. The van der Waals surface area contributed by atoms with Crippen LogP contribution in [0.3, 0.4) is 0 Å². The summed E-state index contributed by atoms with van der Waals surface area (Å²) in [6.07, 6.45) is 6.55. The van der Waals surface area contributed by atoms with Crippen molar-refractivity contribution in [1.82, 2.24) is 5.32 Å². The molecule has 5 heterocycles. The van der Waals surface area contributed by atoms with Crippen LogP contribution in [-0.2, 0) is 19.1 Å². The number of aliphatic hydroxyl groups excluding tert-OH is 1. The van der Waals surface area contributed by atoms with Crippen molar-refractivity contribution in [2.45, 2.75) is 60.8 Å². The molecule has 6 aliphatic rings. The van der Waals surface area contributed by atoms with Crippen LogP contribution >= 0.6 is 0 Å². The lowest BCUT2D eigenvalue weighted by atomic mass is 9.84. The van der Waals surface area contributed by atoms with E-state index in [4.69, 9.17) is 19.7 Å². The van der Waals surface area contributed by atoms with E-state index in [-0.39, 0.29) is 36.2 Å². The van der Waals surface area contributed by atoms with Crippen molar-refractivity contribution in [3.8, 4) is 0 Å². The van der Waals surface area contributed by atoms with E-state index >= 15 is 0 Å². The maximum atomic E-state index is 13.2. The number of aliphatic carboxylic acids is 1. The number of methoxy groups -OCH3 is 1. The summed E-state index contributed by atoms with van der Waals surface area (Å²) >= 11 is 0. The largest absolute Gasteiger partial charge is 0.510 e. The second-order valence-corrected chi connectivity index (χ2v) is 12.1. The first kappa shape index (κ1) is 30.2. The number of nitrogens with one attached hydrogen (secondary N) is 1. The van der Waals surface area contributed by atoms with Gasteiger partial charge in [0.15, 0.2) is 5.78 Å². The van der Waals surface area contributed by atoms with Gasteiger partial charge in [0.2, 0.25) is 0 Å². The molecular formula is C35H36N4O6. The molecule has 0 radical (unpaired) electrons. The molecule has 10 heteroatoms. The molecule has 3 atom stereocenters. The van der Waals surface area contributed by atoms with E-state index in [1.54, 1.807) is 0 Å². The molecule has 1 fully saturated rings. The van der Waals surface area contributed by atoms with Crippen molar-refractivity contribution in [3.63, 3.8) is 0 Å². The van der Waals surface area contributed by atoms with E-state index in [0.717, 1.165) is 28.1 Å². The van der Waals surface area contributed by atoms with Crippen LogP contribution in [0.5, 0.6) is 0 Å². The number of nitrogens with zero attached hydrogens (tertiary/aromatic N) is 3. The van der Waals surface area contributed by atoms with Crippen LogP contribution in [-0.4, -0.2) is 52.2 Å². The SMILES string of the molecule is CCC1=C(C)C2=NC1=CC1=C(C)C3=C(O)[C@H](C(=O)OC)C(=C4NC(=CC5=NC(=C2)C(C(C)=O)=C5C)[C@@H](C)[C@@H]4CCC(=O)O)C3=N1. The van der Waals surface area contributed by atoms with E-state index in [9.17, 15) is 24.6 Å². The minimum atomic E-state index is -1.12. The monoisotopic (exact) mass is 608 g/mol. The van der Waals surface area contributed by atoms with Crippen molar-refractivity contribution in [2.75, 3.05) is 7.11 Å². The lowest BCUT2D eigenvalue weighted by Gasteiger charge is -2.20. The standard InChI is InChI=1S/C35H36N4O6/c1-8-19-14(2)21-13-26-28(18(6)40)16(4)23(37-26)11-22-15(3)20(9-10-27(41)42)32(38-22)30-31(35(44)45-7)34(43)29-17(5)24(39-33(29)30)12-25(19)36-21/h11-13,15,20,31,38,43H,8-10H2,1-7H3,(H,41,42)/t15-,20-,31+/m0/s1. The van der Waals surface area contributed by atoms with Gasteiger partial charge in [-0.3, -0.25) is 14.4 Å². The molecule has 232 valence electrons. The third-order valence-corrected chi connectivity index (χ3v) is 9.63. The van der Waals surface area contributed by atoms with Gasteiger partial charge in [-0.2, -0.15) is 0 Å². The molecule has 5 aliphatic heterocycles. The van der Waals surface area contributed by atoms with Crippen LogP contribution in [0.4, 0.5) is 0 Å². The van der Waals surface area contributed by atoms with Crippen LogP contribution in [0.2, 0.25) is 0 Å². The van der Waals surface area contributed by atoms with Gasteiger partial charge in [0.1, 0.15) is 11.7 Å². The van der Waals surface area contributed by atoms with E-state index in [1.165, 1.54) is 14.0 Å². The Balaban J connectivity index is 1.68. The number of carboxylic acid groups (broad SMARTS) is 1. The molecule has 3 N–H and O–H groups in total. The van der Waals surface area contributed by atoms with E-state index in [0.29, 0.717) is 62.9 Å². The first-order valence-electron chi connectivity index (χ1n) is 15.2. The van der Waals surface area contributed by atoms with Gasteiger partial charge in [0.25, 0.3) is 0 Å². The Hall–Kier alpha value is -4.86. The van der Waals surface area contributed by atoms with Crippen LogP contribution in [0.25, 0.3) is 0 Å². The lowest BCUT2D eigenvalue weighted by Crippen LogP contribution is -2.25. The normalized spacial score (nSPS) is 25.4. The summed E-state index contributed by atoms with van der Waals surface area (Å²) in [6.45, 7) is 11.3. The number of Topliss-reactive ketones (excluding diaryl/α,β-unsaturated/α-hetero) is 1. The number of carbonyl (C=O) groups excluding carboxylic acids is 2. The topological polar surface area (TPSA) is 150 Å². The van der Waals surface area contributed by atoms with Gasteiger partial charge in [0, 0.05) is 46.4 Å². The fourth-order valence-corrected chi connectivity index (χ4v) is 7.22. The maximum Gasteiger partial charge on any atom is 0.321 e. The number of aliphatic imine (C=N–C) groups is 3. The third kappa shape index (κ3) is 4.62. The average molecular weight is 609 g/mol. The Bertz CT molecular complexity index is 1870. The summed E-state index contributed by atoms with van der Waals surface area (Å²) in [5, 5.41) is 24.7. The molecule has 8 bridgehead atoms. The molecule has 0 unspecified atom stereocenters. The van der Waals surface area contributed by atoms with Gasteiger partial charge in [-0.25, -0.2) is 15.0 Å². The van der Waals surface area contributed by atoms with Gasteiger partial charge in [0.05, 0.1) is 41.3 Å². The predicted octanol–water partition coefficient (Wildman–Crippen LogP) is 5.51. The Morgan fingerprint density at radius 3 is 2.31 bits per heavy atom. The van der Waals surface area contributed by atoms with Gasteiger partial charge in [-0.15, -0.1) is 0 Å². The van der Waals surface area contributed by atoms with Crippen molar-refractivity contribution in [3.05, 3.63) is 91.5 Å². The highest BCUT2D eigenvalue weighted by atomic mass is 16.5. The zero-order valence-corrected chi connectivity index (χ0v) is 26.5. The maximum absolute atomic E-state index is 13.2. The van der Waals surface area contributed by atoms with Crippen LogP contribution < -0.4 is 5.32 Å². The number of hydrogen-bond donors (Lipinski definition) is 3. The highest BCUT2D eigenvalue weighted by molar-refractivity contribution is 6.24. The van der Waals surface area contributed by atoms with E-state index in [2.05, 4.69) is 12.2 Å². The number of carbonyl (C=O) groups is 3. The first-order chi connectivity index (χ1) is 21.4. The number of allylic oxidation sites excluding steroid dienone is 11. The Labute approximate surface area is 261 Å². The smallest absolute Gasteiger partial charge is 0.321 e. The second-order valence-electron chi connectivity index (χ2n) is 12.1. The second kappa shape index (κ2) is 10.9. The fraction of sp³-hybridized carbons (Fsp3) is 0.371.